The zero-order valence-electron chi connectivity index (χ0n) is 10.5. The number of ether oxygens (including phenoxy) is 1. The number of aromatic nitrogens is 3. The highest BCUT2D eigenvalue weighted by Crippen LogP contribution is 2.13. The van der Waals surface area contributed by atoms with Crippen LogP contribution < -0.4 is 10.1 Å². The van der Waals surface area contributed by atoms with E-state index in [1.54, 1.807) is 12.3 Å². The first-order valence-corrected chi connectivity index (χ1v) is 5.86. The predicted molar refractivity (Wildman–Crippen MR) is 69.4 cm³/mol. The molecule has 1 N–H and O–H groups in total. The van der Waals surface area contributed by atoms with Gasteiger partial charge in [-0.15, -0.1) is 0 Å². The second kappa shape index (κ2) is 5.95. The monoisotopic (exact) mass is 244 g/mol. The Kier molecular flexibility index (Phi) is 4.06. The first-order chi connectivity index (χ1) is 8.74. The van der Waals surface area contributed by atoms with E-state index in [4.69, 9.17) is 4.74 Å². The number of pyridine rings is 1. The highest BCUT2D eigenvalue weighted by atomic mass is 16.5. The molecule has 0 spiro atoms. The Balaban J connectivity index is 1.97. The van der Waals surface area contributed by atoms with Crippen LogP contribution in [0.3, 0.4) is 0 Å². The first-order valence-electron chi connectivity index (χ1n) is 5.86. The third-order valence-electron chi connectivity index (χ3n) is 2.18. The zero-order valence-corrected chi connectivity index (χ0v) is 10.5. The largest absolute Gasteiger partial charge is 0.475 e. The Morgan fingerprint density at radius 1 is 1.22 bits per heavy atom. The van der Waals surface area contributed by atoms with Crippen molar-refractivity contribution in [2.75, 3.05) is 5.32 Å². The summed E-state index contributed by atoms with van der Waals surface area (Å²) in [6.07, 6.45) is 3.35. The van der Waals surface area contributed by atoms with E-state index in [-0.39, 0.29) is 6.10 Å². The van der Waals surface area contributed by atoms with Crippen LogP contribution in [0.4, 0.5) is 5.82 Å². The van der Waals surface area contributed by atoms with Gasteiger partial charge in [-0.1, -0.05) is 6.07 Å². The molecule has 0 bridgehead atoms. The Morgan fingerprint density at radius 2 is 2.11 bits per heavy atom. The SMILES string of the molecule is CC(C)Oc1cc(NCc2ccccn2)ncn1. The van der Waals surface area contributed by atoms with Gasteiger partial charge in [0.1, 0.15) is 12.1 Å². The lowest BCUT2D eigenvalue weighted by molar-refractivity contribution is 0.232. The van der Waals surface area contributed by atoms with Crippen LogP contribution in [0, 0.1) is 0 Å². The molecule has 5 nitrogen and oxygen atoms in total. The molecule has 18 heavy (non-hydrogen) atoms. The summed E-state index contributed by atoms with van der Waals surface area (Å²) in [5, 5.41) is 3.18. The molecular weight excluding hydrogens is 228 g/mol. The van der Waals surface area contributed by atoms with E-state index in [1.165, 1.54) is 6.33 Å². The molecule has 5 heteroatoms. The molecular formula is C13H16N4O. The highest BCUT2D eigenvalue weighted by molar-refractivity contribution is 5.37. The number of nitrogens with zero attached hydrogens (tertiary/aromatic N) is 3. The van der Waals surface area contributed by atoms with Crippen LogP contribution in [-0.4, -0.2) is 21.1 Å². The number of nitrogens with one attached hydrogen (secondary N) is 1. The Morgan fingerprint density at radius 3 is 2.83 bits per heavy atom. The third kappa shape index (κ3) is 3.69. The first kappa shape index (κ1) is 12.3. The number of rotatable bonds is 5. The van der Waals surface area contributed by atoms with Gasteiger partial charge in [0.05, 0.1) is 18.3 Å². The minimum absolute atomic E-state index is 0.101. The van der Waals surface area contributed by atoms with Crippen molar-refractivity contribution >= 4 is 5.82 Å². The number of anilines is 1. The van der Waals surface area contributed by atoms with Crippen molar-refractivity contribution in [1.82, 2.24) is 15.0 Å². The average Bonchev–Trinajstić information content (AvgIpc) is 2.37. The fourth-order valence-electron chi connectivity index (χ4n) is 1.43. The summed E-state index contributed by atoms with van der Waals surface area (Å²) < 4.78 is 5.50. The zero-order chi connectivity index (χ0) is 12.8. The molecule has 94 valence electrons. The van der Waals surface area contributed by atoms with Gasteiger partial charge in [-0.2, -0.15) is 0 Å². The molecule has 2 aromatic heterocycles. The molecule has 0 aliphatic carbocycles. The summed E-state index contributed by atoms with van der Waals surface area (Å²) in [4.78, 5) is 12.4. The summed E-state index contributed by atoms with van der Waals surface area (Å²) >= 11 is 0. The Hall–Kier alpha value is -2.17. The standard InChI is InChI=1S/C13H16N4O/c1-10(2)18-13-7-12(16-9-17-13)15-8-11-5-3-4-6-14-11/h3-7,9-10H,8H2,1-2H3,(H,15,16,17). The second-order valence-electron chi connectivity index (χ2n) is 4.08. The molecule has 0 saturated heterocycles. The second-order valence-corrected chi connectivity index (χ2v) is 4.08. The van der Waals surface area contributed by atoms with Crippen molar-refractivity contribution in [3.05, 3.63) is 42.5 Å². The van der Waals surface area contributed by atoms with Crippen LogP contribution in [0.25, 0.3) is 0 Å². The van der Waals surface area contributed by atoms with E-state index in [2.05, 4.69) is 20.3 Å². The van der Waals surface area contributed by atoms with Gasteiger partial charge in [-0.3, -0.25) is 4.98 Å². The number of hydrogen-bond donors (Lipinski definition) is 1. The van der Waals surface area contributed by atoms with Gasteiger partial charge < -0.3 is 10.1 Å². The van der Waals surface area contributed by atoms with Gasteiger partial charge in [0, 0.05) is 12.3 Å². The van der Waals surface area contributed by atoms with Gasteiger partial charge in [0.15, 0.2) is 0 Å². The van der Waals surface area contributed by atoms with Crippen molar-refractivity contribution in [3.63, 3.8) is 0 Å². The maximum atomic E-state index is 5.50. The molecule has 0 unspecified atom stereocenters. The van der Waals surface area contributed by atoms with E-state index in [0.717, 1.165) is 11.5 Å². The molecule has 2 aromatic rings. The molecule has 0 atom stereocenters. The van der Waals surface area contributed by atoms with Gasteiger partial charge in [-0.25, -0.2) is 9.97 Å². The maximum Gasteiger partial charge on any atom is 0.218 e. The van der Waals surface area contributed by atoms with Crippen LogP contribution in [0.5, 0.6) is 5.88 Å². The molecule has 0 amide bonds. The van der Waals surface area contributed by atoms with E-state index in [1.807, 2.05) is 32.0 Å². The summed E-state index contributed by atoms with van der Waals surface area (Å²) in [6.45, 7) is 4.55. The Labute approximate surface area is 106 Å². The van der Waals surface area contributed by atoms with Crippen molar-refractivity contribution < 1.29 is 4.74 Å². The molecule has 2 rings (SSSR count). The van der Waals surface area contributed by atoms with E-state index in [0.29, 0.717) is 12.4 Å². The summed E-state index contributed by atoms with van der Waals surface area (Å²) in [5.41, 5.74) is 0.961. The maximum absolute atomic E-state index is 5.50. The Bertz CT molecular complexity index is 487. The quantitative estimate of drug-likeness (QED) is 0.874. The van der Waals surface area contributed by atoms with Crippen molar-refractivity contribution in [2.24, 2.45) is 0 Å². The van der Waals surface area contributed by atoms with Gasteiger partial charge in [0.25, 0.3) is 0 Å². The molecule has 0 aromatic carbocycles. The van der Waals surface area contributed by atoms with E-state index < -0.39 is 0 Å². The van der Waals surface area contributed by atoms with Crippen LogP contribution in [-0.2, 0) is 6.54 Å². The van der Waals surface area contributed by atoms with Crippen LogP contribution in [0.2, 0.25) is 0 Å². The molecule has 0 aliphatic rings. The van der Waals surface area contributed by atoms with Crippen LogP contribution in [0.15, 0.2) is 36.8 Å². The van der Waals surface area contributed by atoms with E-state index in [9.17, 15) is 0 Å². The van der Waals surface area contributed by atoms with Gasteiger partial charge >= 0.3 is 0 Å². The van der Waals surface area contributed by atoms with E-state index >= 15 is 0 Å². The fraction of sp³-hybridized carbons (Fsp3) is 0.308. The smallest absolute Gasteiger partial charge is 0.218 e. The lowest BCUT2D eigenvalue weighted by Gasteiger charge is -2.10. The molecule has 2 heterocycles. The lowest BCUT2D eigenvalue weighted by Crippen LogP contribution is -2.08. The minimum Gasteiger partial charge on any atom is -0.475 e. The van der Waals surface area contributed by atoms with Gasteiger partial charge in [-0.05, 0) is 26.0 Å². The normalized spacial score (nSPS) is 10.4. The minimum atomic E-state index is 0.101. The highest BCUT2D eigenvalue weighted by Gasteiger charge is 2.02. The van der Waals surface area contributed by atoms with Crippen molar-refractivity contribution in [2.45, 2.75) is 26.5 Å². The summed E-state index contributed by atoms with van der Waals surface area (Å²) in [6, 6.07) is 7.59. The summed E-state index contributed by atoms with van der Waals surface area (Å²) in [5.74, 6) is 1.30. The number of hydrogen-bond acceptors (Lipinski definition) is 5. The van der Waals surface area contributed by atoms with Crippen molar-refractivity contribution in [1.29, 1.82) is 0 Å². The van der Waals surface area contributed by atoms with Crippen LogP contribution in [0.1, 0.15) is 19.5 Å². The molecule has 0 aliphatic heterocycles. The van der Waals surface area contributed by atoms with Crippen LogP contribution >= 0.6 is 0 Å². The predicted octanol–water partition coefficient (Wildman–Crippen LogP) is 2.27. The molecule has 0 saturated carbocycles. The van der Waals surface area contributed by atoms with Crippen molar-refractivity contribution in [3.8, 4) is 5.88 Å². The molecule has 0 fully saturated rings. The molecule has 0 radical (unpaired) electrons. The average molecular weight is 244 g/mol. The fourth-order valence-corrected chi connectivity index (χ4v) is 1.43. The lowest BCUT2D eigenvalue weighted by atomic mass is 10.3. The summed E-state index contributed by atoms with van der Waals surface area (Å²) in [7, 11) is 0. The third-order valence-corrected chi connectivity index (χ3v) is 2.18. The topological polar surface area (TPSA) is 59.9 Å². The van der Waals surface area contributed by atoms with Gasteiger partial charge in [0.2, 0.25) is 5.88 Å².